The van der Waals surface area contributed by atoms with Gasteiger partial charge in [-0.25, -0.2) is 4.79 Å². The number of urea groups is 1. The van der Waals surface area contributed by atoms with Gasteiger partial charge in [0, 0.05) is 55.0 Å². The molecule has 2 saturated heterocycles. The zero-order valence-corrected chi connectivity index (χ0v) is 24.1. The van der Waals surface area contributed by atoms with E-state index in [0.29, 0.717) is 64.2 Å². The molecule has 3 atom stereocenters. The highest BCUT2D eigenvalue weighted by molar-refractivity contribution is 8.76. The zero-order valence-electron chi connectivity index (χ0n) is 21.7. The van der Waals surface area contributed by atoms with E-state index in [1.54, 1.807) is 21.6 Å². The lowest BCUT2D eigenvalue weighted by atomic mass is 10.0. The number of hydrogen-bond donors (Lipinski definition) is 5. The largest absolute Gasteiger partial charge is 0.377 e. The molecule has 36 heavy (non-hydrogen) atoms. The molecule has 0 radical (unpaired) electrons. The Kier molecular flexibility index (Phi) is 20.4. The highest BCUT2D eigenvalue weighted by Gasteiger charge is 2.42. The van der Waals surface area contributed by atoms with Gasteiger partial charge in [-0.05, 0) is 12.8 Å². The van der Waals surface area contributed by atoms with Crippen molar-refractivity contribution in [3.05, 3.63) is 0 Å². The van der Waals surface area contributed by atoms with Crippen LogP contribution in [0.2, 0.25) is 0 Å². The van der Waals surface area contributed by atoms with Crippen LogP contribution in [0.1, 0.15) is 46.0 Å². The summed E-state index contributed by atoms with van der Waals surface area (Å²) in [6.07, 6.45) is 3.84. The minimum Gasteiger partial charge on any atom is -0.377 e. The topological polar surface area (TPSA) is 144 Å². The Morgan fingerprint density at radius 2 is 1.61 bits per heavy atom. The van der Waals surface area contributed by atoms with Gasteiger partial charge in [0.05, 0.1) is 38.5 Å². The lowest BCUT2D eigenvalue weighted by Crippen LogP contribution is -2.36. The van der Waals surface area contributed by atoms with Crippen LogP contribution in [0.3, 0.4) is 0 Å². The number of amides is 4. The Bertz CT molecular complexity index is 621. The summed E-state index contributed by atoms with van der Waals surface area (Å²) in [7, 11) is 3.35. The molecule has 2 heterocycles. The molecule has 4 amide bonds. The second kappa shape index (κ2) is 22.2. The van der Waals surface area contributed by atoms with Crippen LogP contribution in [-0.4, -0.2) is 98.5 Å². The molecule has 2 rings (SSSR count). The van der Waals surface area contributed by atoms with E-state index in [1.807, 2.05) is 25.6 Å². The number of thioether (sulfide) groups is 1. The van der Waals surface area contributed by atoms with Crippen LogP contribution in [0.25, 0.3) is 0 Å². The molecule has 0 aliphatic carbocycles. The third-order valence-electron chi connectivity index (χ3n) is 5.29. The predicted molar refractivity (Wildman–Crippen MR) is 152 cm³/mol. The van der Waals surface area contributed by atoms with Crippen LogP contribution in [-0.2, 0) is 19.1 Å². The second-order valence-electron chi connectivity index (χ2n) is 7.97. The molecule has 0 saturated carbocycles. The van der Waals surface area contributed by atoms with Crippen molar-refractivity contribution in [1.29, 1.82) is 0 Å². The number of carbonyl (C=O) groups excluding carboxylic acids is 3. The van der Waals surface area contributed by atoms with Crippen molar-refractivity contribution in [3.8, 4) is 0 Å². The summed E-state index contributed by atoms with van der Waals surface area (Å²) in [6, 6.07) is 0.421. The van der Waals surface area contributed by atoms with Gasteiger partial charge in [0.2, 0.25) is 11.8 Å². The average molecular weight is 568 g/mol. The molecule has 3 unspecified atom stereocenters. The molecule has 6 N–H and O–H groups in total. The molecular weight excluding hydrogens is 522 g/mol. The average Bonchev–Trinajstić information content (AvgIpc) is 3.43. The van der Waals surface area contributed by atoms with E-state index in [2.05, 4.69) is 21.3 Å². The minimum atomic E-state index is -0.0588. The van der Waals surface area contributed by atoms with Crippen LogP contribution in [0.5, 0.6) is 0 Å². The monoisotopic (exact) mass is 567 g/mol. The number of fused-ring (bicyclic) bond motifs is 1. The smallest absolute Gasteiger partial charge is 0.315 e. The van der Waals surface area contributed by atoms with Crippen molar-refractivity contribution in [2.75, 3.05) is 63.3 Å². The third-order valence-corrected chi connectivity index (χ3v) is 9.24. The first-order valence-electron chi connectivity index (χ1n) is 12.9. The van der Waals surface area contributed by atoms with Crippen LogP contribution >= 0.6 is 33.3 Å². The van der Waals surface area contributed by atoms with E-state index < -0.39 is 0 Å². The molecule has 0 bridgehead atoms. The molecule has 10 nitrogen and oxygen atoms in total. The maximum absolute atomic E-state index is 11.9. The second-order valence-corrected chi connectivity index (χ2v) is 11.9. The van der Waals surface area contributed by atoms with Crippen LogP contribution in [0.4, 0.5) is 4.79 Å². The van der Waals surface area contributed by atoms with E-state index in [9.17, 15) is 14.4 Å². The van der Waals surface area contributed by atoms with Gasteiger partial charge in [0.1, 0.15) is 0 Å². The summed E-state index contributed by atoms with van der Waals surface area (Å²) >= 11 is 1.90. The number of carbonyl (C=O) groups is 3. The highest BCUT2D eigenvalue weighted by Crippen LogP contribution is 2.33. The number of unbranched alkanes of at least 4 members (excludes halogenated alkanes) is 1. The number of rotatable bonds is 20. The standard InChI is InChI=1S/C21H39N5O5S3.C2H6/c22-6-14-34-33-13-5-19(28)24-8-10-31-12-11-30-9-7-23-18(27)4-2-1-3-17-20-16(15-32-17)25-21(29)26-20;1-2/h16-17,20H,1-15,22H2,(H,23,27)(H,24,28)(H2,25,26,29);1-2H3. The Balaban J connectivity index is 0.00000316. The first kappa shape index (κ1) is 33.2. The lowest BCUT2D eigenvalue weighted by molar-refractivity contribution is -0.122. The number of nitrogens with one attached hydrogen (secondary N) is 4. The van der Waals surface area contributed by atoms with Gasteiger partial charge in [-0.1, -0.05) is 41.9 Å². The molecule has 13 heteroatoms. The van der Waals surface area contributed by atoms with Crippen molar-refractivity contribution >= 4 is 51.2 Å². The molecule has 0 spiro atoms. The predicted octanol–water partition coefficient (Wildman–Crippen LogP) is 1.73. The molecule has 0 aromatic heterocycles. The van der Waals surface area contributed by atoms with E-state index >= 15 is 0 Å². The van der Waals surface area contributed by atoms with Gasteiger partial charge in [0.15, 0.2) is 0 Å². The van der Waals surface area contributed by atoms with Gasteiger partial charge in [-0.15, -0.1) is 0 Å². The van der Waals surface area contributed by atoms with Gasteiger partial charge in [-0.2, -0.15) is 11.8 Å². The van der Waals surface area contributed by atoms with E-state index in [1.165, 1.54) is 0 Å². The third kappa shape index (κ3) is 15.4. The summed E-state index contributed by atoms with van der Waals surface area (Å²) in [4.78, 5) is 35.0. The van der Waals surface area contributed by atoms with Crippen molar-refractivity contribution in [1.82, 2.24) is 21.3 Å². The fourth-order valence-electron chi connectivity index (χ4n) is 3.60. The first-order valence-corrected chi connectivity index (χ1v) is 16.5. The van der Waals surface area contributed by atoms with Crippen LogP contribution < -0.4 is 27.0 Å². The van der Waals surface area contributed by atoms with E-state index in [0.717, 1.165) is 36.5 Å². The SMILES string of the molecule is CC.NCCSSCCC(=O)NCCOCCOCCNC(=O)CCCCC1SCC2NC(=O)NC21. The first-order chi connectivity index (χ1) is 17.6. The maximum Gasteiger partial charge on any atom is 0.315 e. The quantitative estimate of drug-likeness (QED) is 0.0844. The summed E-state index contributed by atoms with van der Waals surface area (Å²) in [5, 5.41) is 12.1. The summed E-state index contributed by atoms with van der Waals surface area (Å²) < 4.78 is 10.9. The molecule has 2 aliphatic heterocycles. The van der Waals surface area contributed by atoms with E-state index in [4.69, 9.17) is 15.2 Å². The number of nitrogens with two attached hydrogens (primary N) is 1. The highest BCUT2D eigenvalue weighted by atomic mass is 33.1. The zero-order chi connectivity index (χ0) is 26.4. The van der Waals surface area contributed by atoms with Crippen LogP contribution in [0.15, 0.2) is 0 Å². The van der Waals surface area contributed by atoms with Crippen molar-refractivity contribution in [2.45, 2.75) is 63.3 Å². The van der Waals surface area contributed by atoms with Crippen LogP contribution in [0, 0.1) is 0 Å². The van der Waals surface area contributed by atoms with Gasteiger partial charge in [0.25, 0.3) is 0 Å². The maximum atomic E-state index is 11.9. The molecule has 2 fully saturated rings. The Labute approximate surface area is 228 Å². The fraction of sp³-hybridized carbons (Fsp3) is 0.870. The van der Waals surface area contributed by atoms with Gasteiger partial charge in [-0.3, -0.25) is 9.59 Å². The lowest BCUT2D eigenvalue weighted by Gasteiger charge is -2.16. The van der Waals surface area contributed by atoms with Gasteiger partial charge >= 0.3 is 6.03 Å². The fourth-order valence-corrected chi connectivity index (χ4v) is 6.99. The molecule has 210 valence electrons. The normalized spacial score (nSPS) is 20.1. The molecular formula is C23H45N5O5S3. The Morgan fingerprint density at radius 3 is 2.28 bits per heavy atom. The van der Waals surface area contributed by atoms with E-state index in [-0.39, 0.29) is 29.9 Å². The van der Waals surface area contributed by atoms with Gasteiger partial charge < -0.3 is 36.5 Å². The van der Waals surface area contributed by atoms with Crippen molar-refractivity contribution < 1.29 is 23.9 Å². The van der Waals surface area contributed by atoms with Crippen molar-refractivity contribution in [3.63, 3.8) is 0 Å². The summed E-state index contributed by atoms with van der Waals surface area (Å²) in [5.74, 6) is 2.71. The molecule has 0 aromatic carbocycles. The molecule has 2 aliphatic rings. The Morgan fingerprint density at radius 1 is 0.972 bits per heavy atom. The summed E-state index contributed by atoms with van der Waals surface area (Å²) in [5.41, 5.74) is 5.41. The summed E-state index contributed by atoms with van der Waals surface area (Å²) in [6.45, 7) is 7.42. The van der Waals surface area contributed by atoms with Crippen molar-refractivity contribution in [2.24, 2.45) is 5.73 Å². The molecule has 0 aromatic rings. The number of hydrogen-bond acceptors (Lipinski definition) is 9. The Hall–Kier alpha value is -0.860. The number of ether oxygens (including phenoxy) is 2. The minimum absolute atomic E-state index is 0.0297.